The van der Waals surface area contributed by atoms with Crippen molar-refractivity contribution in [3.63, 3.8) is 0 Å². The number of hydrogen-bond acceptors (Lipinski definition) is 6. The molecule has 0 amide bonds. The molecule has 3 heterocycles. The first-order valence-electron chi connectivity index (χ1n) is 9.03. The number of rotatable bonds is 7. The maximum Gasteiger partial charge on any atom is 0.240 e. The molecule has 0 aromatic carbocycles. The Morgan fingerprint density at radius 1 is 1.38 bits per heavy atom. The molecule has 2 aromatic rings. The van der Waals surface area contributed by atoms with Gasteiger partial charge >= 0.3 is 0 Å². The maximum atomic E-state index is 10.4. The van der Waals surface area contributed by atoms with Gasteiger partial charge in [-0.3, -0.25) is 4.90 Å². The molecule has 0 aliphatic carbocycles. The Bertz CT molecular complexity index is 596. The van der Waals surface area contributed by atoms with Crippen LogP contribution in [-0.4, -0.2) is 32.7 Å². The number of aryl methyl sites for hydroxylation is 1. The summed E-state index contributed by atoms with van der Waals surface area (Å²) >= 11 is 0. The summed E-state index contributed by atoms with van der Waals surface area (Å²) in [7, 11) is 0. The van der Waals surface area contributed by atoms with Crippen LogP contribution in [0.5, 0.6) is 0 Å². The monoisotopic (exact) mass is 333 g/mol. The minimum atomic E-state index is -0.566. The molecule has 132 valence electrons. The summed E-state index contributed by atoms with van der Waals surface area (Å²) in [6.07, 6.45) is 8.25. The average molecular weight is 333 g/mol. The number of hydrogen-bond donors (Lipinski definition) is 1. The number of aromatic nitrogens is 2. The molecular weight excluding hydrogens is 306 g/mol. The lowest BCUT2D eigenvalue weighted by Gasteiger charge is -2.29. The van der Waals surface area contributed by atoms with Gasteiger partial charge in [0.05, 0.1) is 12.8 Å². The molecule has 3 rings (SSSR count). The molecule has 2 aromatic heterocycles. The second-order valence-corrected chi connectivity index (χ2v) is 6.59. The minimum absolute atomic E-state index is 0.300. The fraction of sp³-hybridized carbons (Fsp3) is 0.667. The smallest absolute Gasteiger partial charge is 0.240 e. The summed E-state index contributed by atoms with van der Waals surface area (Å²) in [6.45, 7) is 3.77. The zero-order valence-electron chi connectivity index (χ0n) is 14.4. The fourth-order valence-corrected chi connectivity index (χ4v) is 3.42. The lowest BCUT2D eigenvalue weighted by Crippen LogP contribution is -2.35. The van der Waals surface area contributed by atoms with Crippen LogP contribution >= 0.6 is 0 Å². The fourth-order valence-electron chi connectivity index (χ4n) is 3.42. The molecule has 6 heteroatoms. The van der Waals surface area contributed by atoms with Gasteiger partial charge in [0.2, 0.25) is 5.89 Å². The quantitative estimate of drug-likeness (QED) is 0.836. The maximum absolute atomic E-state index is 10.4. The molecule has 2 atom stereocenters. The first kappa shape index (κ1) is 17.2. The molecule has 1 aliphatic rings. The normalized spacial score (nSPS) is 20.8. The number of nitrogens with zero attached hydrogens (tertiary/aromatic N) is 3. The van der Waals surface area contributed by atoms with Crippen molar-refractivity contribution >= 4 is 0 Å². The van der Waals surface area contributed by atoms with Crippen LogP contribution in [-0.2, 0) is 13.0 Å². The predicted molar refractivity (Wildman–Crippen MR) is 89.2 cm³/mol. The lowest BCUT2D eigenvalue weighted by atomic mass is 10.0. The van der Waals surface area contributed by atoms with Crippen molar-refractivity contribution in [2.24, 2.45) is 0 Å². The summed E-state index contributed by atoms with van der Waals surface area (Å²) in [5.74, 6) is 2.11. The van der Waals surface area contributed by atoms with Gasteiger partial charge in [-0.15, -0.1) is 0 Å². The molecule has 1 aliphatic heterocycles. The standard InChI is InChI=1S/C18H27N3O3/c1-2-7-17-19-18(24-20-17)13-21-10-5-3-4-8-14(21)12-15(22)16-9-6-11-23-16/h6,9,11,14-15,22H,2-5,7-8,10,12-13H2,1H3/t14-,15+/m1/s1. The van der Waals surface area contributed by atoms with Gasteiger partial charge in [-0.25, -0.2) is 0 Å². The third-order valence-electron chi connectivity index (χ3n) is 4.69. The van der Waals surface area contributed by atoms with Gasteiger partial charge in [-0.2, -0.15) is 4.98 Å². The van der Waals surface area contributed by atoms with Crippen LogP contribution < -0.4 is 0 Å². The summed E-state index contributed by atoms with van der Waals surface area (Å²) in [4.78, 5) is 6.87. The Morgan fingerprint density at radius 2 is 2.29 bits per heavy atom. The van der Waals surface area contributed by atoms with Crippen LogP contribution in [0.4, 0.5) is 0 Å². The molecule has 1 fully saturated rings. The van der Waals surface area contributed by atoms with Gasteiger partial charge < -0.3 is 14.0 Å². The zero-order chi connectivity index (χ0) is 16.8. The van der Waals surface area contributed by atoms with Gasteiger partial charge in [0.15, 0.2) is 5.82 Å². The van der Waals surface area contributed by atoms with E-state index in [1.807, 2.05) is 12.1 Å². The van der Waals surface area contributed by atoms with Gasteiger partial charge in [-0.05, 0) is 44.4 Å². The Hall–Kier alpha value is -1.66. The van der Waals surface area contributed by atoms with Crippen LogP contribution in [0, 0.1) is 0 Å². The number of likely N-dealkylation sites (tertiary alicyclic amines) is 1. The van der Waals surface area contributed by atoms with E-state index in [0.29, 0.717) is 30.7 Å². The van der Waals surface area contributed by atoms with Crippen LogP contribution in [0.25, 0.3) is 0 Å². The Morgan fingerprint density at radius 3 is 3.08 bits per heavy atom. The van der Waals surface area contributed by atoms with E-state index in [1.165, 1.54) is 19.3 Å². The highest BCUT2D eigenvalue weighted by Gasteiger charge is 2.26. The molecule has 1 saturated heterocycles. The minimum Gasteiger partial charge on any atom is -0.467 e. The van der Waals surface area contributed by atoms with E-state index in [-0.39, 0.29) is 0 Å². The molecule has 0 spiro atoms. The molecule has 0 bridgehead atoms. The average Bonchev–Trinajstić information content (AvgIpc) is 3.20. The topological polar surface area (TPSA) is 75.5 Å². The van der Waals surface area contributed by atoms with E-state index < -0.39 is 6.10 Å². The van der Waals surface area contributed by atoms with Gasteiger partial charge in [-0.1, -0.05) is 24.9 Å². The summed E-state index contributed by atoms with van der Waals surface area (Å²) in [5.41, 5.74) is 0. The van der Waals surface area contributed by atoms with Crippen molar-refractivity contribution in [1.29, 1.82) is 0 Å². The van der Waals surface area contributed by atoms with Crippen molar-refractivity contribution in [2.75, 3.05) is 6.54 Å². The van der Waals surface area contributed by atoms with Crippen molar-refractivity contribution in [1.82, 2.24) is 15.0 Å². The first-order valence-corrected chi connectivity index (χ1v) is 9.03. The number of furan rings is 1. The summed E-state index contributed by atoms with van der Waals surface area (Å²) in [5, 5.41) is 14.5. The third-order valence-corrected chi connectivity index (χ3v) is 4.69. The molecule has 0 saturated carbocycles. The molecule has 6 nitrogen and oxygen atoms in total. The molecule has 0 unspecified atom stereocenters. The summed E-state index contributed by atoms with van der Waals surface area (Å²) in [6, 6.07) is 3.95. The van der Waals surface area contributed by atoms with E-state index in [0.717, 1.165) is 31.6 Å². The Labute approximate surface area is 142 Å². The number of aliphatic hydroxyl groups is 1. The SMILES string of the molecule is CCCc1noc(CN2CCCCC[C@@H]2C[C@H](O)c2ccco2)n1. The van der Waals surface area contributed by atoms with Crippen LogP contribution in [0.15, 0.2) is 27.3 Å². The Balaban J connectivity index is 1.65. The zero-order valence-corrected chi connectivity index (χ0v) is 14.4. The third kappa shape index (κ3) is 4.45. The first-order chi connectivity index (χ1) is 11.8. The highest BCUT2D eigenvalue weighted by Crippen LogP contribution is 2.27. The predicted octanol–water partition coefficient (Wildman–Crippen LogP) is 3.48. The summed E-state index contributed by atoms with van der Waals surface area (Å²) < 4.78 is 10.7. The van der Waals surface area contributed by atoms with Gasteiger partial charge in [0.25, 0.3) is 0 Å². The van der Waals surface area contributed by atoms with E-state index in [1.54, 1.807) is 6.26 Å². The largest absolute Gasteiger partial charge is 0.467 e. The molecular formula is C18H27N3O3. The second kappa shape index (κ2) is 8.44. The molecule has 24 heavy (non-hydrogen) atoms. The van der Waals surface area contributed by atoms with Crippen molar-refractivity contribution in [3.8, 4) is 0 Å². The lowest BCUT2D eigenvalue weighted by molar-refractivity contribution is 0.0779. The highest BCUT2D eigenvalue weighted by atomic mass is 16.5. The number of aliphatic hydroxyl groups excluding tert-OH is 1. The molecule has 1 N–H and O–H groups in total. The second-order valence-electron chi connectivity index (χ2n) is 6.59. The van der Waals surface area contributed by atoms with E-state index in [9.17, 15) is 5.11 Å². The van der Waals surface area contributed by atoms with Gasteiger partial charge in [0, 0.05) is 12.5 Å². The van der Waals surface area contributed by atoms with Crippen molar-refractivity contribution in [2.45, 2.75) is 70.6 Å². The van der Waals surface area contributed by atoms with Crippen molar-refractivity contribution in [3.05, 3.63) is 35.9 Å². The van der Waals surface area contributed by atoms with Crippen LogP contribution in [0.1, 0.15) is 69.0 Å². The van der Waals surface area contributed by atoms with Crippen LogP contribution in [0.3, 0.4) is 0 Å². The highest BCUT2D eigenvalue weighted by molar-refractivity contribution is 5.02. The molecule has 0 radical (unpaired) electrons. The van der Waals surface area contributed by atoms with Crippen molar-refractivity contribution < 1.29 is 14.0 Å². The van der Waals surface area contributed by atoms with Crippen LogP contribution in [0.2, 0.25) is 0 Å². The van der Waals surface area contributed by atoms with E-state index in [4.69, 9.17) is 8.94 Å². The van der Waals surface area contributed by atoms with Gasteiger partial charge in [0.1, 0.15) is 11.9 Å². The van der Waals surface area contributed by atoms with E-state index in [2.05, 4.69) is 22.0 Å². The van der Waals surface area contributed by atoms with E-state index >= 15 is 0 Å². The Kier molecular flexibility index (Phi) is 6.04.